The number of non-ortho nitro benzene ring substituents is 1. The first-order valence-corrected chi connectivity index (χ1v) is 5.70. The molecule has 0 unspecified atom stereocenters. The van der Waals surface area contributed by atoms with Crippen molar-refractivity contribution in [2.75, 3.05) is 0 Å². The van der Waals surface area contributed by atoms with Crippen LogP contribution in [0.2, 0.25) is 0 Å². The normalized spacial score (nSPS) is 11.9. The lowest BCUT2D eigenvalue weighted by molar-refractivity contribution is -0.384. The second kappa shape index (κ2) is 5.45. The Morgan fingerprint density at radius 1 is 1.32 bits per heavy atom. The number of nitro groups is 1. The highest BCUT2D eigenvalue weighted by Gasteiger charge is 2.07. The van der Waals surface area contributed by atoms with E-state index in [1.165, 1.54) is 18.3 Å². The van der Waals surface area contributed by atoms with Gasteiger partial charge in [-0.25, -0.2) is 0 Å². The Labute approximate surface area is 110 Å². The van der Waals surface area contributed by atoms with Crippen molar-refractivity contribution in [1.29, 1.82) is 0 Å². The molecule has 1 atom stereocenters. The minimum absolute atomic E-state index is 0.0161. The standard InChI is InChI=1S/C13H13N3O3/c1-9(14)13-6-5-12(8-15-13)19-11-4-2-3-10(7-11)16(17)18/h2-9H,14H2,1H3/t9-/m0/s1. The van der Waals surface area contributed by atoms with Gasteiger partial charge in [0, 0.05) is 12.1 Å². The molecule has 2 N–H and O–H groups in total. The number of hydrogen-bond donors (Lipinski definition) is 1. The molecule has 0 saturated heterocycles. The van der Waals surface area contributed by atoms with E-state index in [0.717, 1.165) is 5.69 Å². The molecule has 0 radical (unpaired) electrons. The number of aromatic nitrogens is 1. The summed E-state index contributed by atoms with van der Waals surface area (Å²) in [4.78, 5) is 14.3. The molecule has 6 nitrogen and oxygen atoms in total. The van der Waals surface area contributed by atoms with Crippen molar-refractivity contribution in [2.45, 2.75) is 13.0 Å². The van der Waals surface area contributed by atoms with E-state index in [2.05, 4.69) is 4.98 Å². The van der Waals surface area contributed by atoms with Gasteiger partial charge in [0.05, 0.1) is 22.9 Å². The van der Waals surface area contributed by atoms with Crippen LogP contribution in [0.1, 0.15) is 18.7 Å². The van der Waals surface area contributed by atoms with E-state index in [1.54, 1.807) is 24.3 Å². The van der Waals surface area contributed by atoms with Crippen molar-refractivity contribution in [3.63, 3.8) is 0 Å². The maximum Gasteiger partial charge on any atom is 0.273 e. The highest BCUT2D eigenvalue weighted by atomic mass is 16.6. The molecule has 0 bridgehead atoms. The van der Waals surface area contributed by atoms with E-state index in [1.807, 2.05) is 6.92 Å². The predicted octanol–water partition coefficient (Wildman–Crippen LogP) is 2.80. The lowest BCUT2D eigenvalue weighted by Gasteiger charge is -2.07. The second-order valence-electron chi connectivity index (χ2n) is 4.06. The average Bonchev–Trinajstić information content (AvgIpc) is 2.39. The average molecular weight is 259 g/mol. The Kier molecular flexibility index (Phi) is 3.72. The van der Waals surface area contributed by atoms with E-state index in [9.17, 15) is 10.1 Å². The number of nitrogens with two attached hydrogens (primary N) is 1. The molecule has 0 saturated carbocycles. The van der Waals surface area contributed by atoms with Gasteiger partial charge in [0.15, 0.2) is 0 Å². The van der Waals surface area contributed by atoms with Gasteiger partial charge < -0.3 is 10.5 Å². The van der Waals surface area contributed by atoms with Crippen LogP contribution in [0.15, 0.2) is 42.6 Å². The molecule has 0 aliphatic carbocycles. The zero-order chi connectivity index (χ0) is 13.8. The highest BCUT2D eigenvalue weighted by molar-refractivity contribution is 5.40. The summed E-state index contributed by atoms with van der Waals surface area (Å²) in [5.74, 6) is 0.898. The molecular formula is C13H13N3O3. The molecule has 0 spiro atoms. The second-order valence-corrected chi connectivity index (χ2v) is 4.06. The van der Waals surface area contributed by atoms with Crippen LogP contribution in [0.25, 0.3) is 0 Å². The van der Waals surface area contributed by atoms with Crippen LogP contribution in [0.4, 0.5) is 5.69 Å². The van der Waals surface area contributed by atoms with Crippen LogP contribution in [0.5, 0.6) is 11.5 Å². The van der Waals surface area contributed by atoms with E-state index in [0.29, 0.717) is 11.5 Å². The molecule has 2 rings (SSSR count). The summed E-state index contributed by atoms with van der Waals surface area (Å²) in [6.07, 6.45) is 1.54. The van der Waals surface area contributed by atoms with Crippen molar-refractivity contribution >= 4 is 5.69 Å². The Hall–Kier alpha value is -2.47. The van der Waals surface area contributed by atoms with Crippen molar-refractivity contribution in [3.05, 3.63) is 58.4 Å². The van der Waals surface area contributed by atoms with Gasteiger partial charge in [0.1, 0.15) is 11.5 Å². The van der Waals surface area contributed by atoms with E-state index in [4.69, 9.17) is 10.5 Å². The van der Waals surface area contributed by atoms with Gasteiger partial charge in [-0.1, -0.05) is 6.07 Å². The number of nitro benzene ring substituents is 1. The predicted molar refractivity (Wildman–Crippen MR) is 70.0 cm³/mol. The Balaban J connectivity index is 2.16. The molecule has 2 aromatic rings. The number of nitrogens with zero attached hydrogens (tertiary/aromatic N) is 2. The monoisotopic (exact) mass is 259 g/mol. The first-order chi connectivity index (χ1) is 9.06. The minimum atomic E-state index is -0.468. The molecular weight excluding hydrogens is 246 g/mol. The molecule has 6 heteroatoms. The van der Waals surface area contributed by atoms with Crippen molar-refractivity contribution in [1.82, 2.24) is 4.98 Å². The summed E-state index contributed by atoms with van der Waals surface area (Å²) in [5, 5.41) is 10.6. The zero-order valence-electron chi connectivity index (χ0n) is 10.3. The molecule has 1 aromatic heterocycles. The summed E-state index contributed by atoms with van der Waals surface area (Å²) < 4.78 is 5.50. The van der Waals surface area contributed by atoms with Gasteiger partial charge >= 0.3 is 0 Å². The third kappa shape index (κ3) is 3.26. The van der Waals surface area contributed by atoms with Crippen LogP contribution >= 0.6 is 0 Å². The van der Waals surface area contributed by atoms with Crippen LogP contribution in [0.3, 0.4) is 0 Å². The lowest BCUT2D eigenvalue weighted by atomic mass is 10.2. The maximum atomic E-state index is 10.6. The SMILES string of the molecule is C[C@H](N)c1ccc(Oc2cccc([N+](=O)[O-])c2)cn1. The molecule has 0 aliphatic rings. The van der Waals surface area contributed by atoms with E-state index >= 15 is 0 Å². The number of ether oxygens (including phenoxy) is 1. The van der Waals surface area contributed by atoms with Gasteiger partial charge in [0.2, 0.25) is 0 Å². The largest absolute Gasteiger partial charge is 0.455 e. The van der Waals surface area contributed by atoms with Crippen LogP contribution in [-0.4, -0.2) is 9.91 Å². The van der Waals surface area contributed by atoms with E-state index < -0.39 is 4.92 Å². The van der Waals surface area contributed by atoms with Gasteiger partial charge in [-0.2, -0.15) is 0 Å². The summed E-state index contributed by atoms with van der Waals surface area (Å²) in [5.41, 5.74) is 6.43. The number of rotatable bonds is 4. The summed E-state index contributed by atoms with van der Waals surface area (Å²) in [7, 11) is 0. The van der Waals surface area contributed by atoms with E-state index in [-0.39, 0.29) is 11.7 Å². The van der Waals surface area contributed by atoms with Gasteiger partial charge in [-0.3, -0.25) is 15.1 Å². The van der Waals surface area contributed by atoms with Gasteiger partial charge in [-0.05, 0) is 25.1 Å². The van der Waals surface area contributed by atoms with Crippen molar-refractivity contribution in [3.8, 4) is 11.5 Å². The maximum absolute atomic E-state index is 10.6. The summed E-state index contributed by atoms with van der Waals surface area (Å²) >= 11 is 0. The fourth-order valence-electron chi connectivity index (χ4n) is 1.52. The summed E-state index contributed by atoms with van der Waals surface area (Å²) in [6.45, 7) is 1.84. The van der Waals surface area contributed by atoms with Gasteiger partial charge in [0.25, 0.3) is 5.69 Å². The first kappa shape index (κ1) is 13.0. The Morgan fingerprint density at radius 2 is 2.11 bits per heavy atom. The lowest BCUT2D eigenvalue weighted by Crippen LogP contribution is -2.06. The van der Waals surface area contributed by atoms with Gasteiger partial charge in [-0.15, -0.1) is 0 Å². The Bertz CT molecular complexity index is 582. The molecule has 1 heterocycles. The smallest absolute Gasteiger partial charge is 0.273 e. The molecule has 0 fully saturated rings. The molecule has 0 aliphatic heterocycles. The number of hydrogen-bond acceptors (Lipinski definition) is 5. The third-order valence-corrected chi connectivity index (χ3v) is 2.49. The summed E-state index contributed by atoms with van der Waals surface area (Å²) in [6, 6.07) is 9.32. The van der Waals surface area contributed by atoms with Crippen LogP contribution in [-0.2, 0) is 0 Å². The molecule has 1 aromatic carbocycles. The van der Waals surface area contributed by atoms with Crippen LogP contribution < -0.4 is 10.5 Å². The van der Waals surface area contributed by atoms with Crippen molar-refractivity contribution < 1.29 is 9.66 Å². The molecule has 0 amide bonds. The molecule has 19 heavy (non-hydrogen) atoms. The molecule has 98 valence electrons. The Morgan fingerprint density at radius 3 is 2.68 bits per heavy atom. The first-order valence-electron chi connectivity index (χ1n) is 5.70. The number of benzene rings is 1. The third-order valence-electron chi connectivity index (χ3n) is 2.49. The van der Waals surface area contributed by atoms with Crippen molar-refractivity contribution in [2.24, 2.45) is 5.73 Å². The quantitative estimate of drug-likeness (QED) is 0.673. The number of pyridine rings is 1. The van der Waals surface area contributed by atoms with Crippen LogP contribution in [0, 0.1) is 10.1 Å². The topological polar surface area (TPSA) is 91.3 Å². The minimum Gasteiger partial charge on any atom is -0.455 e. The fraction of sp³-hybridized carbons (Fsp3) is 0.154. The fourth-order valence-corrected chi connectivity index (χ4v) is 1.52. The highest BCUT2D eigenvalue weighted by Crippen LogP contribution is 2.25. The zero-order valence-corrected chi connectivity index (χ0v) is 10.3.